The van der Waals surface area contributed by atoms with E-state index in [4.69, 9.17) is 9.68 Å². The van der Waals surface area contributed by atoms with E-state index in [1.165, 1.54) is 0 Å². The SMILES string of the molecule is Cc1nc(NCCCCCC(=O)ON2C(=O)CCC2=O)nc(NCCCCCC(=O)ON2C(=O)CCC2=O)n1. The van der Waals surface area contributed by atoms with Crippen LogP contribution in [0.5, 0.6) is 0 Å². The summed E-state index contributed by atoms with van der Waals surface area (Å²) in [5.41, 5.74) is 0. The minimum Gasteiger partial charge on any atom is -0.354 e. The van der Waals surface area contributed by atoms with E-state index in [2.05, 4.69) is 25.6 Å². The molecule has 0 spiro atoms. The Hall–Kier alpha value is -4.17. The molecule has 15 heteroatoms. The summed E-state index contributed by atoms with van der Waals surface area (Å²) in [7, 11) is 0. The quantitative estimate of drug-likeness (QED) is 0.223. The largest absolute Gasteiger partial charge is 0.354 e. The number of aryl methyl sites for hydroxylation is 1. The van der Waals surface area contributed by atoms with E-state index in [9.17, 15) is 28.8 Å². The summed E-state index contributed by atoms with van der Waals surface area (Å²) in [6.45, 7) is 2.90. The number of aromatic nitrogens is 3. The first-order valence-corrected chi connectivity index (χ1v) is 13.1. The molecule has 0 saturated carbocycles. The smallest absolute Gasteiger partial charge is 0.333 e. The summed E-state index contributed by atoms with van der Waals surface area (Å²) in [5, 5.41) is 7.36. The van der Waals surface area contributed by atoms with Crippen LogP contribution in [-0.2, 0) is 38.4 Å². The van der Waals surface area contributed by atoms with Crippen molar-refractivity contribution in [2.75, 3.05) is 23.7 Å². The van der Waals surface area contributed by atoms with Crippen molar-refractivity contribution < 1.29 is 38.4 Å². The van der Waals surface area contributed by atoms with E-state index < -0.39 is 35.6 Å². The number of hydrogen-bond acceptors (Lipinski definition) is 13. The highest BCUT2D eigenvalue weighted by molar-refractivity contribution is 6.02. The van der Waals surface area contributed by atoms with Crippen LogP contribution in [0.3, 0.4) is 0 Å². The van der Waals surface area contributed by atoms with E-state index >= 15 is 0 Å². The molecule has 3 heterocycles. The number of nitrogens with zero attached hydrogens (tertiary/aromatic N) is 5. The molecule has 2 aliphatic rings. The lowest BCUT2D eigenvalue weighted by molar-refractivity contribution is -0.197. The maximum Gasteiger partial charge on any atom is 0.333 e. The van der Waals surface area contributed by atoms with Crippen LogP contribution in [0.1, 0.15) is 82.9 Å². The Morgan fingerprint density at radius 1 is 0.641 bits per heavy atom. The Kier molecular flexibility index (Phi) is 11.1. The van der Waals surface area contributed by atoms with Gasteiger partial charge in [0.1, 0.15) is 5.82 Å². The molecular weight excluding hydrogens is 514 g/mol. The van der Waals surface area contributed by atoms with Gasteiger partial charge >= 0.3 is 11.9 Å². The highest BCUT2D eigenvalue weighted by atomic mass is 16.7. The first-order valence-electron chi connectivity index (χ1n) is 13.1. The number of carbonyl (C=O) groups excluding carboxylic acids is 6. The molecule has 39 heavy (non-hydrogen) atoms. The van der Waals surface area contributed by atoms with E-state index in [1.54, 1.807) is 6.92 Å². The number of carbonyl (C=O) groups is 6. The summed E-state index contributed by atoms with van der Waals surface area (Å²) in [5.74, 6) is -1.80. The maximum atomic E-state index is 11.8. The molecule has 2 aliphatic heterocycles. The fourth-order valence-corrected chi connectivity index (χ4v) is 3.79. The average Bonchev–Trinajstić information content (AvgIpc) is 3.38. The molecule has 2 saturated heterocycles. The van der Waals surface area contributed by atoms with Gasteiger partial charge in [0.05, 0.1) is 0 Å². The van der Waals surface area contributed by atoms with Gasteiger partial charge in [0.2, 0.25) is 11.9 Å². The van der Waals surface area contributed by atoms with Crippen molar-refractivity contribution in [3.63, 3.8) is 0 Å². The van der Waals surface area contributed by atoms with E-state index in [-0.39, 0.29) is 38.5 Å². The van der Waals surface area contributed by atoms with Gasteiger partial charge in [0.15, 0.2) is 0 Å². The molecule has 4 amide bonds. The number of unbranched alkanes of at least 4 members (excludes halogenated alkanes) is 4. The Morgan fingerprint density at radius 3 is 1.41 bits per heavy atom. The van der Waals surface area contributed by atoms with E-state index in [1.807, 2.05) is 0 Å². The number of rotatable bonds is 16. The molecule has 0 aromatic carbocycles. The number of anilines is 2. The topological polar surface area (TPSA) is 190 Å². The average molecular weight is 548 g/mol. The molecule has 0 radical (unpaired) electrons. The molecule has 15 nitrogen and oxygen atoms in total. The lowest BCUT2D eigenvalue weighted by Gasteiger charge is -2.12. The minimum absolute atomic E-state index is 0.0677. The third kappa shape index (κ3) is 9.57. The molecular formula is C24H33N7O8. The Morgan fingerprint density at radius 2 is 1.03 bits per heavy atom. The molecule has 0 aliphatic carbocycles. The fraction of sp³-hybridized carbons (Fsp3) is 0.625. The van der Waals surface area contributed by atoms with E-state index in [0.717, 1.165) is 25.7 Å². The van der Waals surface area contributed by atoms with Gasteiger partial charge in [0.25, 0.3) is 23.6 Å². The molecule has 212 valence electrons. The zero-order valence-corrected chi connectivity index (χ0v) is 21.9. The second-order valence-corrected chi connectivity index (χ2v) is 9.10. The third-order valence-corrected chi connectivity index (χ3v) is 5.83. The fourth-order valence-electron chi connectivity index (χ4n) is 3.79. The zero-order valence-electron chi connectivity index (χ0n) is 21.9. The number of amides is 4. The Bertz CT molecular complexity index is 984. The first kappa shape index (κ1) is 29.4. The Balaban J connectivity index is 1.24. The molecule has 0 bridgehead atoms. The molecule has 3 rings (SSSR count). The summed E-state index contributed by atoms with van der Waals surface area (Å²) >= 11 is 0. The van der Waals surface area contributed by atoms with Crippen molar-refractivity contribution in [3.05, 3.63) is 5.82 Å². The minimum atomic E-state index is -0.606. The maximum absolute atomic E-state index is 11.8. The first-order chi connectivity index (χ1) is 18.7. The Labute approximate surface area is 224 Å². The van der Waals surface area contributed by atoms with Gasteiger partial charge in [-0.15, -0.1) is 10.1 Å². The molecule has 2 fully saturated rings. The summed E-state index contributed by atoms with van der Waals surface area (Å²) in [6.07, 6.45) is 4.50. The van der Waals surface area contributed by atoms with Crippen LogP contribution >= 0.6 is 0 Å². The van der Waals surface area contributed by atoms with Crippen molar-refractivity contribution in [1.82, 2.24) is 25.1 Å². The standard InChI is InChI=1S/C24H33N7O8/c1-16-27-23(25-14-6-2-4-8-21(36)38-30-17(32)10-11-18(30)33)29-24(28-16)26-15-7-3-5-9-22(37)39-31-19(34)12-13-20(31)35/h2-15H2,1H3,(H2,25,26,27,28,29). The molecule has 0 unspecified atom stereocenters. The second-order valence-electron chi connectivity index (χ2n) is 9.10. The lowest BCUT2D eigenvalue weighted by Crippen LogP contribution is -2.31. The van der Waals surface area contributed by atoms with Gasteiger partial charge < -0.3 is 20.3 Å². The van der Waals surface area contributed by atoms with Gasteiger partial charge in [-0.2, -0.15) is 15.0 Å². The van der Waals surface area contributed by atoms with Crippen LogP contribution in [0.2, 0.25) is 0 Å². The summed E-state index contributed by atoms with van der Waals surface area (Å²) < 4.78 is 0. The zero-order chi connectivity index (χ0) is 28.2. The van der Waals surface area contributed by atoms with Crippen LogP contribution < -0.4 is 10.6 Å². The molecule has 1 aromatic rings. The van der Waals surface area contributed by atoms with Gasteiger partial charge in [-0.3, -0.25) is 19.2 Å². The van der Waals surface area contributed by atoms with Crippen LogP contribution in [0, 0.1) is 6.92 Å². The molecule has 1 aromatic heterocycles. The van der Waals surface area contributed by atoms with Crippen LogP contribution in [0.4, 0.5) is 11.9 Å². The summed E-state index contributed by atoms with van der Waals surface area (Å²) in [4.78, 5) is 92.0. The van der Waals surface area contributed by atoms with Gasteiger partial charge in [-0.05, 0) is 32.6 Å². The van der Waals surface area contributed by atoms with Gasteiger partial charge in [-0.1, -0.05) is 12.8 Å². The predicted octanol–water partition coefficient (Wildman–Crippen LogP) is 1.34. The molecule has 2 N–H and O–H groups in total. The second kappa shape index (κ2) is 14.7. The van der Waals surface area contributed by atoms with Crippen molar-refractivity contribution in [1.29, 1.82) is 0 Å². The normalized spacial score (nSPS) is 15.2. The van der Waals surface area contributed by atoms with Crippen LogP contribution in [-0.4, -0.2) is 73.7 Å². The van der Waals surface area contributed by atoms with Crippen molar-refractivity contribution in [2.45, 2.75) is 84.0 Å². The highest BCUT2D eigenvalue weighted by Gasteiger charge is 2.33. The van der Waals surface area contributed by atoms with Crippen LogP contribution in [0.15, 0.2) is 0 Å². The third-order valence-electron chi connectivity index (χ3n) is 5.83. The van der Waals surface area contributed by atoms with Crippen molar-refractivity contribution >= 4 is 47.5 Å². The molecule has 0 atom stereocenters. The summed E-state index contributed by atoms with van der Waals surface area (Å²) in [6, 6.07) is 0. The van der Waals surface area contributed by atoms with Crippen molar-refractivity contribution in [2.24, 2.45) is 0 Å². The number of hydrogen-bond donors (Lipinski definition) is 2. The number of imide groups is 2. The lowest BCUT2D eigenvalue weighted by atomic mass is 10.2. The number of hydroxylamine groups is 4. The van der Waals surface area contributed by atoms with Crippen molar-refractivity contribution in [3.8, 4) is 0 Å². The van der Waals surface area contributed by atoms with E-state index in [0.29, 0.717) is 53.8 Å². The van der Waals surface area contributed by atoms with Crippen LogP contribution in [0.25, 0.3) is 0 Å². The monoisotopic (exact) mass is 547 g/mol. The highest BCUT2D eigenvalue weighted by Crippen LogP contribution is 2.15. The van der Waals surface area contributed by atoms with Gasteiger partial charge in [-0.25, -0.2) is 9.59 Å². The van der Waals surface area contributed by atoms with Gasteiger partial charge in [0, 0.05) is 51.6 Å². The predicted molar refractivity (Wildman–Crippen MR) is 133 cm³/mol. The number of nitrogens with one attached hydrogen (secondary N) is 2.